The molecule has 2 aromatic carbocycles. The van der Waals surface area contributed by atoms with Gasteiger partial charge in [0.2, 0.25) is 0 Å². The first-order valence-electron chi connectivity index (χ1n) is 6.88. The number of amidine groups is 1. The number of carbonyl (C=O) groups is 1. The second-order valence-electron chi connectivity index (χ2n) is 5.12. The molecule has 0 aromatic heterocycles. The molecule has 21 heavy (non-hydrogen) atoms. The Hall–Kier alpha value is -2.68. The number of nitrogens with one attached hydrogen (secondary N) is 1. The molecule has 2 aromatic rings. The van der Waals surface area contributed by atoms with Gasteiger partial charge in [0.1, 0.15) is 11.5 Å². The highest BCUT2D eigenvalue weighted by atomic mass is 16.2. The van der Waals surface area contributed by atoms with Crippen molar-refractivity contribution < 1.29 is 4.79 Å². The number of aliphatic imine (C=N–C) groups is 1. The topological polar surface area (TPSA) is 41.5 Å². The SMILES string of the molecule is Cc1ccccc1/C=C1\N=C(c2ccccc2C)NC1=O. The molecule has 3 nitrogen and oxygen atoms in total. The van der Waals surface area contributed by atoms with E-state index in [4.69, 9.17) is 0 Å². The van der Waals surface area contributed by atoms with Gasteiger partial charge in [-0.3, -0.25) is 4.79 Å². The molecule has 0 saturated heterocycles. The predicted octanol–water partition coefficient (Wildman–Crippen LogP) is 3.22. The average Bonchev–Trinajstić information content (AvgIpc) is 2.83. The highest BCUT2D eigenvalue weighted by Gasteiger charge is 2.21. The molecule has 1 amide bonds. The summed E-state index contributed by atoms with van der Waals surface area (Å²) in [4.78, 5) is 16.5. The van der Waals surface area contributed by atoms with Gasteiger partial charge in [0, 0.05) is 5.56 Å². The molecule has 3 heteroatoms. The lowest BCUT2D eigenvalue weighted by Crippen LogP contribution is -2.25. The Morgan fingerprint density at radius 1 is 0.952 bits per heavy atom. The van der Waals surface area contributed by atoms with Crippen LogP contribution < -0.4 is 5.32 Å². The number of amides is 1. The number of carbonyl (C=O) groups excluding carboxylic acids is 1. The quantitative estimate of drug-likeness (QED) is 0.841. The van der Waals surface area contributed by atoms with Crippen LogP contribution in [0.25, 0.3) is 6.08 Å². The zero-order valence-electron chi connectivity index (χ0n) is 12.1. The van der Waals surface area contributed by atoms with E-state index < -0.39 is 0 Å². The van der Waals surface area contributed by atoms with Gasteiger partial charge in [0.25, 0.3) is 5.91 Å². The van der Waals surface area contributed by atoms with Crippen LogP contribution in [-0.2, 0) is 4.79 Å². The fourth-order valence-electron chi connectivity index (χ4n) is 2.33. The van der Waals surface area contributed by atoms with Gasteiger partial charge in [0.05, 0.1) is 0 Å². The van der Waals surface area contributed by atoms with E-state index in [0.717, 1.165) is 22.3 Å². The minimum atomic E-state index is -0.156. The van der Waals surface area contributed by atoms with Crippen molar-refractivity contribution in [2.75, 3.05) is 0 Å². The van der Waals surface area contributed by atoms with E-state index in [1.54, 1.807) is 0 Å². The molecular formula is C18H16N2O. The van der Waals surface area contributed by atoms with E-state index in [1.807, 2.05) is 68.5 Å². The monoisotopic (exact) mass is 276 g/mol. The van der Waals surface area contributed by atoms with Crippen molar-refractivity contribution in [3.8, 4) is 0 Å². The van der Waals surface area contributed by atoms with Crippen molar-refractivity contribution in [3.63, 3.8) is 0 Å². The van der Waals surface area contributed by atoms with Gasteiger partial charge >= 0.3 is 0 Å². The van der Waals surface area contributed by atoms with Crippen LogP contribution in [0.4, 0.5) is 0 Å². The molecule has 0 atom stereocenters. The van der Waals surface area contributed by atoms with Crippen LogP contribution in [0.3, 0.4) is 0 Å². The van der Waals surface area contributed by atoms with Crippen LogP contribution in [0.15, 0.2) is 59.2 Å². The lowest BCUT2D eigenvalue weighted by Gasteiger charge is -2.03. The number of hydrogen-bond acceptors (Lipinski definition) is 2. The van der Waals surface area contributed by atoms with Crippen LogP contribution in [0.1, 0.15) is 22.3 Å². The molecule has 1 heterocycles. The van der Waals surface area contributed by atoms with Crippen LogP contribution in [0.5, 0.6) is 0 Å². The molecule has 1 aliphatic rings. The number of benzene rings is 2. The average molecular weight is 276 g/mol. The Kier molecular flexibility index (Phi) is 3.40. The molecule has 0 spiro atoms. The molecule has 0 radical (unpaired) electrons. The normalized spacial score (nSPS) is 16.0. The van der Waals surface area contributed by atoms with Gasteiger partial charge in [-0.2, -0.15) is 0 Å². The first-order chi connectivity index (χ1) is 10.1. The summed E-state index contributed by atoms with van der Waals surface area (Å²) in [6, 6.07) is 15.8. The van der Waals surface area contributed by atoms with Crippen LogP contribution in [0, 0.1) is 13.8 Å². The van der Waals surface area contributed by atoms with Crippen molar-refractivity contribution in [2.45, 2.75) is 13.8 Å². The van der Waals surface area contributed by atoms with Crippen molar-refractivity contribution >= 4 is 17.8 Å². The van der Waals surface area contributed by atoms with Gasteiger partial charge < -0.3 is 5.32 Å². The largest absolute Gasteiger partial charge is 0.305 e. The molecule has 1 N–H and O–H groups in total. The first kappa shape index (κ1) is 13.3. The molecule has 0 unspecified atom stereocenters. The van der Waals surface area contributed by atoms with Gasteiger partial charge in [-0.1, -0.05) is 48.5 Å². The third-order valence-electron chi connectivity index (χ3n) is 3.58. The summed E-state index contributed by atoms with van der Waals surface area (Å²) in [5.74, 6) is 0.467. The van der Waals surface area contributed by atoms with Gasteiger partial charge in [-0.25, -0.2) is 4.99 Å². The van der Waals surface area contributed by atoms with Gasteiger partial charge in [-0.05, 0) is 36.6 Å². The zero-order valence-corrected chi connectivity index (χ0v) is 12.1. The molecule has 0 saturated carbocycles. The summed E-state index contributed by atoms with van der Waals surface area (Å²) in [7, 11) is 0. The summed E-state index contributed by atoms with van der Waals surface area (Å²) in [5.41, 5.74) is 4.63. The standard InChI is InChI=1S/C18H16N2O/c1-12-7-3-5-9-14(12)11-16-18(21)20-17(19-16)15-10-6-4-8-13(15)2/h3-11H,1-2H3,(H,19,20,21)/b16-11-. The molecule has 3 rings (SSSR count). The maximum Gasteiger partial charge on any atom is 0.275 e. The lowest BCUT2D eigenvalue weighted by molar-refractivity contribution is -0.115. The minimum Gasteiger partial charge on any atom is -0.305 e. The summed E-state index contributed by atoms with van der Waals surface area (Å²) < 4.78 is 0. The first-order valence-corrected chi connectivity index (χ1v) is 6.88. The van der Waals surface area contributed by atoms with Crippen molar-refractivity contribution in [1.29, 1.82) is 0 Å². The van der Waals surface area contributed by atoms with Crippen LogP contribution >= 0.6 is 0 Å². The number of hydrogen-bond donors (Lipinski definition) is 1. The Bertz CT molecular complexity index is 772. The maximum atomic E-state index is 12.1. The smallest absolute Gasteiger partial charge is 0.275 e. The number of nitrogens with zero attached hydrogens (tertiary/aromatic N) is 1. The Morgan fingerprint density at radius 3 is 2.33 bits per heavy atom. The third kappa shape index (κ3) is 2.63. The molecule has 1 aliphatic heterocycles. The highest BCUT2D eigenvalue weighted by molar-refractivity contribution is 6.20. The predicted molar refractivity (Wildman–Crippen MR) is 85.0 cm³/mol. The minimum absolute atomic E-state index is 0.156. The summed E-state index contributed by atoms with van der Waals surface area (Å²) in [5, 5.41) is 2.84. The Labute approximate surface area is 124 Å². The van der Waals surface area contributed by atoms with Gasteiger partial charge in [0.15, 0.2) is 0 Å². The van der Waals surface area contributed by atoms with Crippen molar-refractivity contribution in [1.82, 2.24) is 5.32 Å². The second-order valence-corrected chi connectivity index (χ2v) is 5.12. The van der Waals surface area contributed by atoms with E-state index in [0.29, 0.717) is 11.5 Å². The fraction of sp³-hybridized carbons (Fsp3) is 0.111. The summed E-state index contributed by atoms with van der Waals surface area (Å²) in [6.45, 7) is 4.03. The van der Waals surface area contributed by atoms with Crippen molar-refractivity contribution in [3.05, 3.63) is 76.5 Å². The third-order valence-corrected chi connectivity index (χ3v) is 3.58. The highest BCUT2D eigenvalue weighted by Crippen LogP contribution is 2.18. The van der Waals surface area contributed by atoms with E-state index in [2.05, 4.69) is 10.3 Å². The molecule has 0 aliphatic carbocycles. The second kappa shape index (κ2) is 5.37. The number of aryl methyl sites for hydroxylation is 2. The molecule has 0 bridgehead atoms. The molecule has 0 fully saturated rings. The van der Waals surface area contributed by atoms with E-state index in [9.17, 15) is 4.79 Å². The maximum absolute atomic E-state index is 12.1. The number of rotatable bonds is 2. The lowest BCUT2D eigenvalue weighted by atomic mass is 10.1. The van der Waals surface area contributed by atoms with Crippen molar-refractivity contribution in [2.24, 2.45) is 4.99 Å². The van der Waals surface area contributed by atoms with E-state index in [-0.39, 0.29) is 5.91 Å². The van der Waals surface area contributed by atoms with E-state index in [1.165, 1.54) is 0 Å². The molecule has 104 valence electrons. The fourth-order valence-corrected chi connectivity index (χ4v) is 2.33. The summed E-state index contributed by atoms with van der Waals surface area (Å²) in [6.07, 6.45) is 1.83. The van der Waals surface area contributed by atoms with Gasteiger partial charge in [-0.15, -0.1) is 0 Å². The van der Waals surface area contributed by atoms with E-state index >= 15 is 0 Å². The Balaban J connectivity index is 2.00. The molecular weight excluding hydrogens is 260 g/mol. The zero-order chi connectivity index (χ0) is 14.8. The van der Waals surface area contributed by atoms with Crippen LogP contribution in [-0.4, -0.2) is 11.7 Å². The summed E-state index contributed by atoms with van der Waals surface area (Å²) >= 11 is 0. The van der Waals surface area contributed by atoms with Crippen LogP contribution in [0.2, 0.25) is 0 Å². The Morgan fingerprint density at radius 2 is 1.62 bits per heavy atom.